The minimum absolute atomic E-state index is 0.116. The summed E-state index contributed by atoms with van der Waals surface area (Å²) in [4.78, 5) is 15.5. The Kier molecular flexibility index (Phi) is 5.00. The third-order valence-electron chi connectivity index (χ3n) is 2.85. The first-order valence-corrected chi connectivity index (χ1v) is 8.91. The molecular formula is C14H12BrFN2O4S. The molecule has 0 bridgehead atoms. The maximum atomic E-state index is 13.2. The topological polar surface area (TPSA) is 85.4 Å². The van der Waals surface area contributed by atoms with Gasteiger partial charge in [0.1, 0.15) is 5.75 Å². The number of carbonyl (C=O) groups is 1. The van der Waals surface area contributed by atoms with Crippen molar-refractivity contribution < 1.29 is 22.3 Å². The third kappa shape index (κ3) is 4.26. The highest BCUT2D eigenvalue weighted by Gasteiger charge is 2.15. The van der Waals surface area contributed by atoms with Gasteiger partial charge in [0.15, 0.2) is 0 Å². The monoisotopic (exact) mass is 402 g/mol. The van der Waals surface area contributed by atoms with Crippen molar-refractivity contribution in [3.05, 3.63) is 46.4 Å². The van der Waals surface area contributed by atoms with Gasteiger partial charge < -0.3 is 4.74 Å². The van der Waals surface area contributed by atoms with E-state index < -0.39 is 21.9 Å². The molecular weight excluding hydrogens is 391 g/mol. The quantitative estimate of drug-likeness (QED) is 0.793. The van der Waals surface area contributed by atoms with Crippen LogP contribution in [0.4, 0.5) is 4.39 Å². The Bertz CT molecular complexity index is 871. The van der Waals surface area contributed by atoms with E-state index >= 15 is 0 Å². The van der Waals surface area contributed by atoms with Crippen molar-refractivity contribution in [2.75, 3.05) is 13.4 Å². The normalized spacial score (nSPS) is 11.1. The van der Waals surface area contributed by atoms with Gasteiger partial charge in [0.05, 0.1) is 17.8 Å². The van der Waals surface area contributed by atoms with Crippen molar-refractivity contribution in [1.82, 2.24) is 9.71 Å². The molecule has 0 atom stereocenters. The van der Waals surface area contributed by atoms with Gasteiger partial charge in [-0.1, -0.05) is 0 Å². The van der Waals surface area contributed by atoms with Crippen molar-refractivity contribution in [2.24, 2.45) is 0 Å². The molecule has 0 spiro atoms. The zero-order valence-electron chi connectivity index (χ0n) is 12.1. The van der Waals surface area contributed by atoms with Crippen LogP contribution in [0.25, 0.3) is 11.1 Å². The number of aromatic nitrogens is 1. The predicted octanol–water partition coefficient (Wildman–Crippen LogP) is 2.35. The first-order chi connectivity index (χ1) is 10.7. The van der Waals surface area contributed by atoms with Crippen molar-refractivity contribution in [2.45, 2.75) is 0 Å². The van der Waals surface area contributed by atoms with Crippen molar-refractivity contribution in [3.8, 4) is 16.9 Å². The molecule has 0 aliphatic carbocycles. The molecule has 0 aliphatic rings. The molecule has 0 radical (unpaired) electrons. The molecule has 1 amide bonds. The van der Waals surface area contributed by atoms with Crippen molar-refractivity contribution in [1.29, 1.82) is 0 Å². The van der Waals surface area contributed by atoms with Crippen LogP contribution in [-0.4, -0.2) is 32.7 Å². The van der Waals surface area contributed by atoms with Crippen LogP contribution in [0.5, 0.6) is 5.75 Å². The van der Waals surface area contributed by atoms with Gasteiger partial charge in [-0.2, -0.15) is 4.39 Å². The van der Waals surface area contributed by atoms with Gasteiger partial charge in [0, 0.05) is 22.9 Å². The smallest absolute Gasteiger partial charge is 0.264 e. The van der Waals surface area contributed by atoms with E-state index in [1.165, 1.54) is 31.5 Å². The Morgan fingerprint density at radius 1 is 1.35 bits per heavy atom. The highest BCUT2D eigenvalue weighted by Crippen LogP contribution is 2.32. The molecule has 0 fully saturated rings. The summed E-state index contributed by atoms with van der Waals surface area (Å²) in [5.41, 5.74) is 1.27. The number of ether oxygens (including phenoxy) is 1. The van der Waals surface area contributed by atoms with Gasteiger partial charge in [-0.25, -0.2) is 18.1 Å². The number of nitrogens with zero attached hydrogens (tertiary/aromatic N) is 1. The molecule has 23 heavy (non-hydrogen) atoms. The number of carbonyl (C=O) groups excluding carboxylic acids is 1. The maximum absolute atomic E-state index is 13.2. The number of amides is 1. The molecule has 1 N–H and O–H groups in total. The Hall–Kier alpha value is -2.00. The number of sulfonamides is 1. The van der Waals surface area contributed by atoms with Crippen LogP contribution in [0.15, 0.2) is 34.9 Å². The fourth-order valence-corrected chi connectivity index (χ4v) is 2.67. The molecule has 1 heterocycles. The SMILES string of the molecule is COc1cc(C(=O)NS(C)(=O)=O)ccc1-c1cnc(F)c(Br)c1. The van der Waals surface area contributed by atoms with Crippen LogP contribution in [0.2, 0.25) is 0 Å². The summed E-state index contributed by atoms with van der Waals surface area (Å²) < 4.78 is 42.7. The minimum atomic E-state index is -3.66. The molecule has 0 saturated heterocycles. The number of halogens is 2. The minimum Gasteiger partial charge on any atom is -0.496 e. The third-order valence-corrected chi connectivity index (χ3v) is 3.96. The lowest BCUT2D eigenvalue weighted by Gasteiger charge is -2.11. The van der Waals surface area contributed by atoms with E-state index in [0.29, 0.717) is 16.9 Å². The van der Waals surface area contributed by atoms with Crippen LogP contribution < -0.4 is 9.46 Å². The molecule has 0 unspecified atom stereocenters. The summed E-state index contributed by atoms with van der Waals surface area (Å²) in [5.74, 6) is -1.08. The van der Waals surface area contributed by atoms with E-state index in [0.717, 1.165) is 6.26 Å². The fraction of sp³-hybridized carbons (Fsp3) is 0.143. The lowest BCUT2D eigenvalue weighted by atomic mass is 10.0. The Balaban J connectivity index is 2.44. The highest BCUT2D eigenvalue weighted by atomic mass is 79.9. The second-order valence-electron chi connectivity index (χ2n) is 4.62. The molecule has 0 aliphatic heterocycles. The zero-order chi connectivity index (χ0) is 17.2. The van der Waals surface area contributed by atoms with E-state index in [2.05, 4.69) is 20.9 Å². The number of methoxy groups -OCH3 is 1. The van der Waals surface area contributed by atoms with E-state index in [1.807, 2.05) is 4.72 Å². The number of hydrogen-bond donors (Lipinski definition) is 1. The predicted molar refractivity (Wildman–Crippen MR) is 86.2 cm³/mol. The highest BCUT2D eigenvalue weighted by molar-refractivity contribution is 9.10. The summed E-state index contributed by atoms with van der Waals surface area (Å²) in [7, 11) is -2.26. The molecule has 9 heteroatoms. The van der Waals surface area contributed by atoms with Gasteiger partial charge in [-0.3, -0.25) is 4.79 Å². The second-order valence-corrected chi connectivity index (χ2v) is 7.22. The maximum Gasteiger partial charge on any atom is 0.264 e. The first kappa shape index (κ1) is 17.4. The lowest BCUT2D eigenvalue weighted by Crippen LogP contribution is -2.29. The largest absolute Gasteiger partial charge is 0.496 e. The average molecular weight is 403 g/mol. The summed E-state index contributed by atoms with van der Waals surface area (Å²) in [6.07, 6.45) is 2.21. The second kappa shape index (κ2) is 6.63. The number of benzene rings is 1. The standard InChI is InChI=1S/C14H12BrFN2O4S/c1-22-12-6-8(14(19)18-23(2,20)21)3-4-10(12)9-5-11(15)13(16)17-7-9/h3-7H,1-2H3,(H,18,19). The summed E-state index contributed by atoms with van der Waals surface area (Å²) >= 11 is 3.05. The van der Waals surface area contributed by atoms with E-state index in [9.17, 15) is 17.6 Å². The van der Waals surface area contributed by atoms with Crippen LogP contribution >= 0.6 is 15.9 Å². The van der Waals surface area contributed by atoms with Crippen LogP contribution in [0.3, 0.4) is 0 Å². The zero-order valence-corrected chi connectivity index (χ0v) is 14.5. The number of rotatable bonds is 4. The van der Waals surface area contributed by atoms with E-state index in [4.69, 9.17) is 4.74 Å². The van der Waals surface area contributed by atoms with E-state index in [1.54, 1.807) is 6.07 Å². The Morgan fingerprint density at radius 3 is 2.61 bits per heavy atom. The molecule has 2 rings (SSSR count). The molecule has 1 aromatic heterocycles. The van der Waals surface area contributed by atoms with E-state index in [-0.39, 0.29) is 10.0 Å². The fourth-order valence-electron chi connectivity index (χ4n) is 1.87. The van der Waals surface area contributed by atoms with Crippen LogP contribution in [-0.2, 0) is 10.0 Å². The molecule has 2 aromatic rings. The number of nitrogens with one attached hydrogen (secondary N) is 1. The Morgan fingerprint density at radius 2 is 2.04 bits per heavy atom. The molecule has 6 nitrogen and oxygen atoms in total. The van der Waals surface area contributed by atoms with Crippen LogP contribution in [0.1, 0.15) is 10.4 Å². The molecule has 122 valence electrons. The van der Waals surface area contributed by atoms with Gasteiger partial charge in [0.2, 0.25) is 16.0 Å². The summed E-state index contributed by atoms with van der Waals surface area (Å²) in [6, 6.07) is 5.93. The first-order valence-electron chi connectivity index (χ1n) is 6.23. The molecule has 0 saturated carbocycles. The van der Waals surface area contributed by atoms with Crippen molar-refractivity contribution >= 4 is 31.9 Å². The van der Waals surface area contributed by atoms with Crippen molar-refractivity contribution in [3.63, 3.8) is 0 Å². The van der Waals surface area contributed by atoms with Gasteiger partial charge >= 0.3 is 0 Å². The van der Waals surface area contributed by atoms with Crippen LogP contribution in [0, 0.1) is 5.95 Å². The Labute approximate surface area is 140 Å². The lowest BCUT2D eigenvalue weighted by molar-refractivity contribution is 0.0981. The summed E-state index contributed by atoms with van der Waals surface area (Å²) in [5, 5.41) is 0. The summed E-state index contributed by atoms with van der Waals surface area (Å²) in [6.45, 7) is 0. The average Bonchev–Trinajstić information content (AvgIpc) is 2.47. The van der Waals surface area contributed by atoms with Gasteiger partial charge in [-0.15, -0.1) is 0 Å². The van der Waals surface area contributed by atoms with Gasteiger partial charge in [0.25, 0.3) is 5.91 Å². The number of pyridine rings is 1. The molecule has 1 aromatic carbocycles. The number of hydrogen-bond acceptors (Lipinski definition) is 5. The van der Waals surface area contributed by atoms with Gasteiger partial charge in [-0.05, 0) is 40.2 Å².